The van der Waals surface area contributed by atoms with Crippen LogP contribution in [-0.4, -0.2) is 43.3 Å². The number of hydrogen-bond acceptors (Lipinski definition) is 7. The van der Waals surface area contributed by atoms with Gasteiger partial charge in [0.1, 0.15) is 0 Å². The molecule has 1 aliphatic rings. The zero-order valence-electron chi connectivity index (χ0n) is 14.8. The van der Waals surface area contributed by atoms with Gasteiger partial charge in [-0.2, -0.15) is 18.2 Å². The van der Waals surface area contributed by atoms with Gasteiger partial charge >= 0.3 is 12.1 Å². The molecule has 0 unspecified atom stereocenters. The molecule has 1 aliphatic carbocycles. The molecule has 2 aromatic rings. The molecule has 0 spiro atoms. The van der Waals surface area contributed by atoms with E-state index in [1.54, 1.807) is 0 Å². The van der Waals surface area contributed by atoms with Crippen LogP contribution in [0.1, 0.15) is 18.4 Å². The van der Waals surface area contributed by atoms with Gasteiger partial charge in [-0.25, -0.2) is 18.2 Å². The predicted molar refractivity (Wildman–Crippen MR) is 90.2 cm³/mol. The summed E-state index contributed by atoms with van der Waals surface area (Å²) in [5.74, 6) is -0.809. The summed E-state index contributed by atoms with van der Waals surface area (Å²) < 4.78 is 72.3. The summed E-state index contributed by atoms with van der Waals surface area (Å²) in [6, 6.07) is 5.30. The van der Waals surface area contributed by atoms with Gasteiger partial charge in [0.25, 0.3) is 5.16 Å². The maximum atomic E-state index is 12.7. The van der Waals surface area contributed by atoms with Crippen molar-refractivity contribution in [2.75, 3.05) is 13.4 Å². The number of alkyl halides is 3. The van der Waals surface area contributed by atoms with Gasteiger partial charge in [0.2, 0.25) is 21.3 Å². The Labute approximate surface area is 158 Å². The van der Waals surface area contributed by atoms with E-state index in [2.05, 4.69) is 14.7 Å². The Kier molecular flexibility index (Phi) is 4.82. The topological polar surface area (TPSA) is 95.5 Å². The lowest BCUT2D eigenvalue weighted by atomic mass is 10.1. The molecule has 0 bridgehead atoms. The largest absolute Gasteiger partial charge is 0.466 e. The molecular formula is C17H15F3N2O5S. The van der Waals surface area contributed by atoms with Crippen molar-refractivity contribution in [2.24, 2.45) is 0 Å². The van der Waals surface area contributed by atoms with Gasteiger partial charge in [-0.05, 0) is 12.1 Å². The highest BCUT2D eigenvalue weighted by atomic mass is 32.2. The highest BCUT2D eigenvalue weighted by molar-refractivity contribution is 7.90. The van der Waals surface area contributed by atoms with E-state index in [-0.39, 0.29) is 17.1 Å². The third kappa shape index (κ3) is 4.08. The average Bonchev–Trinajstić information content (AvgIpc) is 3.40. The van der Waals surface area contributed by atoms with Crippen LogP contribution in [-0.2, 0) is 25.5 Å². The van der Waals surface area contributed by atoms with Crippen LogP contribution in [0.15, 0.2) is 35.5 Å². The number of halogens is 3. The minimum absolute atomic E-state index is 0.0415. The lowest BCUT2D eigenvalue weighted by Gasteiger charge is -2.16. The molecule has 0 atom stereocenters. The first-order chi connectivity index (χ1) is 12.9. The third-order valence-electron chi connectivity index (χ3n) is 4.08. The summed E-state index contributed by atoms with van der Waals surface area (Å²) in [5.41, 5.74) is -1.82. The van der Waals surface area contributed by atoms with Crippen LogP contribution in [0, 0.1) is 0 Å². The maximum Gasteiger partial charge on any atom is 0.416 e. The van der Waals surface area contributed by atoms with Gasteiger partial charge in [-0.1, -0.05) is 12.1 Å². The summed E-state index contributed by atoms with van der Waals surface area (Å²) in [7, 11) is -2.65. The number of esters is 1. The molecule has 1 aromatic heterocycles. The van der Waals surface area contributed by atoms with Gasteiger partial charge in [-0.3, -0.25) is 0 Å². The minimum Gasteiger partial charge on any atom is -0.466 e. The van der Waals surface area contributed by atoms with Gasteiger partial charge in [-0.15, -0.1) is 0 Å². The van der Waals surface area contributed by atoms with E-state index in [1.807, 2.05) is 0 Å². The molecule has 1 saturated carbocycles. The Morgan fingerprint density at radius 2 is 1.75 bits per heavy atom. The standard InChI is InChI=1S/C17H15F3N2O5S/c1-26-14(23)16(7-8-16)27-13-9-12(21-15(22-13)28(2,24)25)10-3-5-11(6-4-10)17(18,19)20/h3-6,9H,7-8H2,1-2H3. The van der Waals surface area contributed by atoms with Crippen molar-refractivity contribution in [3.8, 4) is 17.1 Å². The quantitative estimate of drug-likeness (QED) is 0.546. The molecule has 0 radical (unpaired) electrons. The molecular weight excluding hydrogens is 401 g/mol. The van der Waals surface area contributed by atoms with E-state index in [9.17, 15) is 26.4 Å². The van der Waals surface area contributed by atoms with Crippen molar-refractivity contribution in [3.05, 3.63) is 35.9 Å². The molecule has 0 saturated heterocycles. The molecule has 3 rings (SSSR count). The number of benzene rings is 1. The number of ether oxygens (including phenoxy) is 2. The van der Waals surface area contributed by atoms with E-state index >= 15 is 0 Å². The summed E-state index contributed by atoms with van der Waals surface area (Å²) in [4.78, 5) is 19.6. The zero-order valence-corrected chi connectivity index (χ0v) is 15.6. The second-order valence-corrected chi connectivity index (χ2v) is 8.22. The van der Waals surface area contributed by atoms with Crippen LogP contribution in [0.4, 0.5) is 13.2 Å². The SMILES string of the molecule is COC(=O)C1(Oc2cc(-c3ccc(C(F)(F)F)cc3)nc(S(C)(=O)=O)n2)CC1. The minimum atomic E-state index is -4.50. The molecule has 150 valence electrons. The Balaban J connectivity index is 2.03. The van der Waals surface area contributed by atoms with E-state index in [4.69, 9.17) is 4.74 Å². The van der Waals surface area contributed by atoms with Gasteiger partial charge in [0.15, 0.2) is 0 Å². The first-order valence-corrected chi connectivity index (χ1v) is 9.88. The highest BCUT2D eigenvalue weighted by Gasteiger charge is 2.54. The van der Waals surface area contributed by atoms with Crippen LogP contribution >= 0.6 is 0 Å². The summed E-state index contributed by atoms with van der Waals surface area (Å²) in [5, 5.41) is -0.569. The van der Waals surface area contributed by atoms with E-state index in [0.717, 1.165) is 30.5 Å². The van der Waals surface area contributed by atoms with Crippen LogP contribution < -0.4 is 4.74 Å². The monoisotopic (exact) mass is 416 g/mol. The molecule has 7 nitrogen and oxygen atoms in total. The molecule has 1 fully saturated rings. The van der Waals surface area contributed by atoms with Crippen LogP contribution in [0.3, 0.4) is 0 Å². The van der Waals surface area contributed by atoms with Crippen molar-refractivity contribution in [1.82, 2.24) is 9.97 Å². The lowest BCUT2D eigenvalue weighted by molar-refractivity contribution is -0.151. The number of aromatic nitrogens is 2. The normalized spacial score (nSPS) is 15.8. The van der Waals surface area contributed by atoms with Crippen molar-refractivity contribution in [1.29, 1.82) is 0 Å². The number of hydrogen-bond donors (Lipinski definition) is 0. The molecule has 28 heavy (non-hydrogen) atoms. The predicted octanol–water partition coefficient (Wildman–Crippen LogP) is 2.65. The van der Waals surface area contributed by atoms with Crippen molar-refractivity contribution < 1.29 is 35.9 Å². The van der Waals surface area contributed by atoms with Crippen molar-refractivity contribution >= 4 is 15.8 Å². The van der Waals surface area contributed by atoms with Crippen LogP contribution in [0.2, 0.25) is 0 Å². The lowest BCUT2D eigenvalue weighted by Crippen LogP contribution is -2.31. The van der Waals surface area contributed by atoms with Crippen molar-refractivity contribution in [3.63, 3.8) is 0 Å². The van der Waals surface area contributed by atoms with E-state index in [1.165, 1.54) is 13.2 Å². The summed E-state index contributed by atoms with van der Waals surface area (Å²) in [6.07, 6.45) is -2.88. The molecule has 0 aliphatic heterocycles. The third-order valence-corrected chi connectivity index (χ3v) is 4.93. The number of sulfone groups is 1. The first kappa shape index (κ1) is 20.1. The summed E-state index contributed by atoms with van der Waals surface area (Å²) >= 11 is 0. The Bertz CT molecular complexity index is 1020. The van der Waals surface area contributed by atoms with E-state index < -0.39 is 38.3 Å². The number of nitrogens with zero attached hydrogens (tertiary/aromatic N) is 2. The van der Waals surface area contributed by atoms with Crippen molar-refractivity contribution in [2.45, 2.75) is 29.8 Å². The zero-order chi connectivity index (χ0) is 20.7. The fraction of sp³-hybridized carbons (Fsp3) is 0.353. The highest BCUT2D eigenvalue weighted by Crippen LogP contribution is 2.41. The molecule has 0 N–H and O–H groups in total. The molecule has 11 heteroatoms. The second kappa shape index (κ2) is 6.73. The van der Waals surface area contributed by atoms with Gasteiger partial charge in [0, 0.05) is 30.7 Å². The van der Waals surface area contributed by atoms with Crippen LogP contribution in [0.25, 0.3) is 11.3 Å². The molecule has 1 aromatic carbocycles. The molecule has 0 amide bonds. The molecule has 1 heterocycles. The fourth-order valence-electron chi connectivity index (χ4n) is 2.45. The summed E-state index contributed by atoms with van der Waals surface area (Å²) in [6.45, 7) is 0. The number of carbonyl (C=O) groups is 1. The van der Waals surface area contributed by atoms with Crippen LogP contribution in [0.5, 0.6) is 5.88 Å². The second-order valence-electron chi connectivity index (χ2n) is 6.31. The number of methoxy groups -OCH3 is 1. The number of rotatable bonds is 5. The van der Waals surface area contributed by atoms with Gasteiger partial charge < -0.3 is 9.47 Å². The Hall–Kier alpha value is -2.69. The fourth-order valence-corrected chi connectivity index (χ4v) is 2.97. The number of carbonyl (C=O) groups excluding carboxylic acids is 1. The smallest absolute Gasteiger partial charge is 0.416 e. The Morgan fingerprint density at radius 1 is 1.14 bits per heavy atom. The van der Waals surface area contributed by atoms with Gasteiger partial charge in [0.05, 0.1) is 18.4 Å². The van der Waals surface area contributed by atoms with E-state index in [0.29, 0.717) is 12.8 Å². The average molecular weight is 416 g/mol. The Morgan fingerprint density at radius 3 is 2.21 bits per heavy atom. The first-order valence-electron chi connectivity index (χ1n) is 7.99. The maximum absolute atomic E-state index is 12.7.